The third kappa shape index (κ3) is 3.74. The first kappa shape index (κ1) is 12.9. The fourth-order valence-electron chi connectivity index (χ4n) is 1.99. The van der Waals surface area contributed by atoms with E-state index in [9.17, 15) is 4.79 Å². The molecule has 0 aliphatic carbocycles. The zero-order chi connectivity index (χ0) is 13.0. The molecule has 1 saturated heterocycles. The second-order valence-corrected chi connectivity index (χ2v) is 4.85. The molecule has 1 atom stereocenters. The SMILES string of the molecule is CC(=O)NC(C)Cc1ccc(OC2CNC2)cc1. The lowest BCUT2D eigenvalue weighted by atomic mass is 10.1. The molecular formula is C14H20N2O2. The highest BCUT2D eigenvalue weighted by Crippen LogP contribution is 2.16. The molecule has 2 N–H and O–H groups in total. The maximum atomic E-state index is 10.9. The van der Waals surface area contributed by atoms with Gasteiger partial charge in [0.15, 0.2) is 0 Å². The van der Waals surface area contributed by atoms with Crippen molar-refractivity contribution in [2.75, 3.05) is 13.1 Å². The van der Waals surface area contributed by atoms with Gasteiger partial charge in [-0.3, -0.25) is 4.79 Å². The first-order valence-electron chi connectivity index (χ1n) is 6.37. The third-order valence-corrected chi connectivity index (χ3v) is 2.96. The molecule has 0 bridgehead atoms. The summed E-state index contributed by atoms with van der Waals surface area (Å²) in [6, 6.07) is 8.26. The second kappa shape index (κ2) is 5.87. The van der Waals surface area contributed by atoms with E-state index in [-0.39, 0.29) is 11.9 Å². The van der Waals surface area contributed by atoms with E-state index in [1.54, 1.807) is 6.92 Å². The summed E-state index contributed by atoms with van der Waals surface area (Å²) < 4.78 is 5.74. The maximum absolute atomic E-state index is 10.9. The molecule has 1 unspecified atom stereocenters. The van der Waals surface area contributed by atoms with Crippen LogP contribution in [0.4, 0.5) is 0 Å². The van der Waals surface area contributed by atoms with Gasteiger partial charge in [0.25, 0.3) is 0 Å². The summed E-state index contributed by atoms with van der Waals surface area (Å²) in [6.07, 6.45) is 1.15. The summed E-state index contributed by atoms with van der Waals surface area (Å²) in [5.41, 5.74) is 1.20. The largest absolute Gasteiger partial charge is 0.488 e. The van der Waals surface area contributed by atoms with Crippen molar-refractivity contribution >= 4 is 5.91 Å². The molecule has 0 spiro atoms. The minimum absolute atomic E-state index is 0.0138. The van der Waals surface area contributed by atoms with E-state index in [1.165, 1.54) is 5.56 Å². The van der Waals surface area contributed by atoms with E-state index in [0.29, 0.717) is 6.10 Å². The molecule has 1 aliphatic heterocycles. The summed E-state index contributed by atoms with van der Waals surface area (Å²) in [6.45, 7) is 5.41. The van der Waals surface area contributed by atoms with Gasteiger partial charge in [-0.15, -0.1) is 0 Å². The molecule has 0 radical (unpaired) electrons. The summed E-state index contributed by atoms with van der Waals surface area (Å²) in [4.78, 5) is 10.9. The Kier molecular flexibility index (Phi) is 4.20. The van der Waals surface area contributed by atoms with Crippen molar-refractivity contribution in [2.45, 2.75) is 32.4 Å². The smallest absolute Gasteiger partial charge is 0.217 e. The molecule has 2 rings (SSSR count). The van der Waals surface area contributed by atoms with Crippen LogP contribution in [0.2, 0.25) is 0 Å². The van der Waals surface area contributed by atoms with Gasteiger partial charge in [-0.1, -0.05) is 12.1 Å². The fourth-order valence-corrected chi connectivity index (χ4v) is 1.99. The number of carbonyl (C=O) groups is 1. The van der Waals surface area contributed by atoms with Crippen LogP contribution < -0.4 is 15.4 Å². The zero-order valence-corrected chi connectivity index (χ0v) is 10.9. The van der Waals surface area contributed by atoms with Gasteiger partial charge in [-0.2, -0.15) is 0 Å². The summed E-state index contributed by atoms with van der Waals surface area (Å²) >= 11 is 0. The predicted molar refractivity (Wildman–Crippen MR) is 70.7 cm³/mol. The summed E-state index contributed by atoms with van der Waals surface area (Å²) in [5, 5.41) is 6.05. The Morgan fingerprint density at radius 2 is 2.11 bits per heavy atom. The monoisotopic (exact) mass is 248 g/mol. The number of rotatable bonds is 5. The van der Waals surface area contributed by atoms with Gasteiger partial charge in [-0.25, -0.2) is 0 Å². The van der Waals surface area contributed by atoms with Crippen molar-refractivity contribution in [2.24, 2.45) is 0 Å². The van der Waals surface area contributed by atoms with Crippen molar-refractivity contribution in [1.82, 2.24) is 10.6 Å². The molecule has 18 heavy (non-hydrogen) atoms. The highest BCUT2D eigenvalue weighted by Gasteiger charge is 2.17. The summed E-state index contributed by atoms with van der Waals surface area (Å²) in [5.74, 6) is 0.928. The molecule has 4 heteroatoms. The molecule has 1 aromatic rings. The van der Waals surface area contributed by atoms with E-state index in [0.717, 1.165) is 25.3 Å². The molecule has 1 heterocycles. The van der Waals surface area contributed by atoms with Gasteiger partial charge < -0.3 is 15.4 Å². The quantitative estimate of drug-likeness (QED) is 0.820. The number of carbonyl (C=O) groups excluding carboxylic acids is 1. The molecule has 0 aromatic heterocycles. The Balaban J connectivity index is 1.84. The summed E-state index contributed by atoms with van der Waals surface area (Å²) in [7, 11) is 0. The number of hydrogen-bond acceptors (Lipinski definition) is 3. The average molecular weight is 248 g/mol. The Morgan fingerprint density at radius 3 is 2.61 bits per heavy atom. The lowest BCUT2D eigenvalue weighted by molar-refractivity contribution is -0.119. The van der Waals surface area contributed by atoms with Crippen LogP contribution in [-0.4, -0.2) is 31.1 Å². The van der Waals surface area contributed by atoms with E-state index in [2.05, 4.69) is 22.8 Å². The number of hydrogen-bond donors (Lipinski definition) is 2. The number of nitrogens with one attached hydrogen (secondary N) is 2. The normalized spacial score (nSPS) is 16.8. The van der Waals surface area contributed by atoms with E-state index < -0.39 is 0 Å². The Morgan fingerprint density at radius 1 is 1.44 bits per heavy atom. The molecule has 1 fully saturated rings. The Labute approximate surface area is 108 Å². The number of benzene rings is 1. The van der Waals surface area contributed by atoms with Crippen LogP contribution in [-0.2, 0) is 11.2 Å². The topological polar surface area (TPSA) is 50.4 Å². The van der Waals surface area contributed by atoms with Crippen LogP contribution >= 0.6 is 0 Å². The first-order chi connectivity index (χ1) is 8.63. The molecule has 1 aliphatic rings. The lowest BCUT2D eigenvalue weighted by Gasteiger charge is -2.27. The minimum Gasteiger partial charge on any atom is -0.488 e. The molecule has 98 valence electrons. The second-order valence-electron chi connectivity index (χ2n) is 4.85. The lowest BCUT2D eigenvalue weighted by Crippen LogP contribution is -2.50. The molecule has 1 amide bonds. The first-order valence-corrected chi connectivity index (χ1v) is 6.37. The maximum Gasteiger partial charge on any atom is 0.217 e. The Bertz CT molecular complexity index is 399. The predicted octanol–water partition coefficient (Wildman–Crippen LogP) is 1.10. The van der Waals surface area contributed by atoms with Crippen LogP contribution in [0.25, 0.3) is 0 Å². The van der Waals surface area contributed by atoms with Crippen molar-refractivity contribution in [3.8, 4) is 5.75 Å². The van der Waals surface area contributed by atoms with Crippen molar-refractivity contribution in [3.63, 3.8) is 0 Å². The standard InChI is InChI=1S/C14H20N2O2/c1-10(16-11(2)17)7-12-3-5-13(6-4-12)18-14-8-15-9-14/h3-6,10,14-15H,7-9H2,1-2H3,(H,16,17). The van der Waals surface area contributed by atoms with Gasteiger partial charge in [0.05, 0.1) is 0 Å². The van der Waals surface area contributed by atoms with Crippen molar-refractivity contribution in [3.05, 3.63) is 29.8 Å². The van der Waals surface area contributed by atoms with Gasteiger partial charge in [0.2, 0.25) is 5.91 Å². The van der Waals surface area contributed by atoms with Gasteiger partial charge in [0, 0.05) is 26.1 Å². The molecule has 1 aromatic carbocycles. The third-order valence-electron chi connectivity index (χ3n) is 2.96. The van der Waals surface area contributed by atoms with Crippen LogP contribution in [0.15, 0.2) is 24.3 Å². The number of ether oxygens (including phenoxy) is 1. The van der Waals surface area contributed by atoms with E-state index in [4.69, 9.17) is 4.74 Å². The Hall–Kier alpha value is -1.55. The van der Waals surface area contributed by atoms with Crippen LogP contribution in [0, 0.1) is 0 Å². The van der Waals surface area contributed by atoms with Gasteiger partial charge in [-0.05, 0) is 31.0 Å². The molecule has 4 nitrogen and oxygen atoms in total. The zero-order valence-electron chi connectivity index (χ0n) is 10.9. The van der Waals surface area contributed by atoms with Crippen molar-refractivity contribution in [1.29, 1.82) is 0 Å². The van der Waals surface area contributed by atoms with Gasteiger partial charge in [0.1, 0.15) is 11.9 Å². The highest BCUT2D eigenvalue weighted by molar-refractivity contribution is 5.73. The van der Waals surface area contributed by atoms with E-state index in [1.807, 2.05) is 19.1 Å². The molecular weight excluding hydrogens is 228 g/mol. The van der Waals surface area contributed by atoms with Crippen LogP contribution in [0.5, 0.6) is 5.75 Å². The van der Waals surface area contributed by atoms with Crippen molar-refractivity contribution < 1.29 is 9.53 Å². The van der Waals surface area contributed by atoms with Crippen LogP contribution in [0.1, 0.15) is 19.4 Å². The van der Waals surface area contributed by atoms with E-state index >= 15 is 0 Å². The number of amides is 1. The van der Waals surface area contributed by atoms with Crippen LogP contribution in [0.3, 0.4) is 0 Å². The van der Waals surface area contributed by atoms with Gasteiger partial charge >= 0.3 is 0 Å². The highest BCUT2D eigenvalue weighted by atomic mass is 16.5. The fraction of sp³-hybridized carbons (Fsp3) is 0.500. The average Bonchev–Trinajstić information content (AvgIpc) is 2.24. The molecule has 0 saturated carbocycles. The minimum atomic E-state index is 0.0138.